The molecule has 10 nitrogen and oxygen atoms in total. The molecule has 1 fully saturated rings. The largest absolute Gasteiger partial charge is 0.508 e. The Hall–Kier alpha value is -4.35. The van der Waals surface area contributed by atoms with E-state index in [2.05, 4.69) is 0 Å². The molecular weight excluding hydrogens is 508 g/mol. The van der Waals surface area contributed by atoms with Crippen LogP contribution in [-0.2, 0) is 14.3 Å². The Morgan fingerprint density at radius 1 is 0.718 bits per heavy atom. The van der Waals surface area contributed by atoms with E-state index in [4.69, 9.17) is 14.2 Å². The number of aliphatic hydroxyl groups is 3. The lowest BCUT2D eigenvalue weighted by molar-refractivity contribution is -0.278. The molecule has 0 saturated carbocycles. The number of ether oxygens (including phenoxy) is 3. The molecule has 0 bridgehead atoms. The average molecular weight is 537 g/mol. The van der Waals surface area contributed by atoms with Gasteiger partial charge in [-0.1, -0.05) is 36.4 Å². The summed E-state index contributed by atoms with van der Waals surface area (Å²) in [6, 6.07) is 17.0. The van der Waals surface area contributed by atoms with Crippen LogP contribution < -0.4 is 4.74 Å². The van der Waals surface area contributed by atoms with Crippen molar-refractivity contribution in [3.63, 3.8) is 0 Å². The topological polar surface area (TPSA) is 166 Å². The molecule has 10 heteroatoms. The first-order valence-electron chi connectivity index (χ1n) is 12.0. The van der Waals surface area contributed by atoms with E-state index in [-0.39, 0.29) is 23.0 Å². The van der Waals surface area contributed by atoms with Gasteiger partial charge in [-0.25, -0.2) is 4.79 Å². The summed E-state index contributed by atoms with van der Waals surface area (Å²) in [6.45, 7) is -0.440. The third-order valence-electron chi connectivity index (χ3n) is 5.89. The van der Waals surface area contributed by atoms with Gasteiger partial charge in [0.1, 0.15) is 54.0 Å². The van der Waals surface area contributed by atoms with Crippen molar-refractivity contribution in [3.8, 4) is 23.0 Å². The molecule has 204 valence electrons. The predicted molar refractivity (Wildman–Crippen MR) is 141 cm³/mol. The highest BCUT2D eigenvalue weighted by atomic mass is 16.7. The molecule has 4 rings (SSSR count). The molecule has 0 aliphatic carbocycles. The monoisotopic (exact) mass is 536 g/mol. The number of phenolic OH excluding ortho intramolecular Hbond substituents is 3. The van der Waals surface area contributed by atoms with Gasteiger partial charge in [-0.15, -0.1) is 0 Å². The number of esters is 1. The molecule has 1 aliphatic heterocycles. The van der Waals surface area contributed by atoms with Gasteiger partial charge in [0.25, 0.3) is 0 Å². The van der Waals surface area contributed by atoms with E-state index in [1.54, 1.807) is 42.5 Å². The first kappa shape index (κ1) is 27.7. The number of carbonyl (C=O) groups is 1. The number of benzene rings is 3. The maximum atomic E-state index is 12.1. The van der Waals surface area contributed by atoms with E-state index in [1.807, 2.05) is 0 Å². The van der Waals surface area contributed by atoms with Crippen molar-refractivity contribution in [1.29, 1.82) is 0 Å². The summed E-state index contributed by atoms with van der Waals surface area (Å²) in [7, 11) is 0. The summed E-state index contributed by atoms with van der Waals surface area (Å²) < 4.78 is 16.4. The van der Waals surface area contributed by atoms with Crippen molar-refractivity contribution in [2.45, 2.75) is 30.7 Å². The molecule has 0 radical (unpaired) electrons. The van der Waals surface area contributed by atoms with Gasteiger partial charge in [0.15, 0.2) is 0 Å². The van der Waals surface area contributed by atoms with Crippen LogP contribution in [0, 0.1) is 0 Å². The number of carbonyl (C=O) groups excluding carboxylic acids is 1. The Morgan fingerprint density at radius 3 is 1.95 bits per heavy atom. The quantitative estimate of drug-likeness (QED) is 0.143. The van der Waals surface area contributed by atoms with Crippen molar-refractivity contribution in [2.24, 2.45) is 0 Å². The van der Waals surface area contributed by atoms with Crippen LogP contribution in [0.3, 0.4) is 0 Å². The second-order valence-corrected chi connectivity index (χ2v) is 8.87. The third-order valence-corrected chi connectivity index (χ3v) is 5.89. The van der Waals surface area contributed by atoms with Gasteiger partial charge in [-0.2, -0.15) is 0 Å². The molecule has 3 aromatic rings. The van der Waals surface area contributed by atoms with Crippen LogP contribution in [0.5, 0.6) is 23.0 Å². The third kappa shape index (κ3) is 7.59. The Balaban J connectivity index is 1.39. The van der Waals surface area contributed by atoms with E-state index in [1.165, 1.54) is 42.5 Å². The summed E-state index contributed by atoms with van der Waals surface area (Å²) in [4.78, 5) is 12.1. The van der Waals surface area contributed by atoms with Crippen molar-refractivity contribution < 1.29 is 49.6 Å². The van der Waals surface area contributed by atoms with E-state index >= 15 is 0 Å². The number of aromatic hydroxyl groups is 3. The van der Waals surface area contributed by atoms with Crippen LogP contribution in [0.2, 0.25) is 0 Å². The predicted octanol–water partition coefficient (Wildman–Crippen LogP) is 2.42. The molecule has 6 N–H and O–H groups in total. The zero-order chi connectivity index (χ0) is 27.9. The minimum atomic E-state index is -1.66. The molecule has 1 heterocycles. The molecule has 39 heavy (non-hydrogen) atoms. The number of phenols is 3. The smallest absolute Gasteiger partial charge is 0.330 e. The number of hydrogen-bond acceptors (Lipinski definition) is 10. The summed E-state index contributed by atoms with van der Waals surface area (Å²) in [5, 5.41) is 59.9. The summed E-state index contributed by atoms with van der Waals surface area (Å²) in [5.74, 6) is -0.537. The van der Waals surface area contributed by atoms with Crippen molar-refractivity contribution in [3.05, 3.63) is 89.5 Å². The second kappa shape index (κ2) is 12.5. The van der Waals surface area contributed by atoms with Crippen LogP contribution >= 0.6 is 0 Å². The summed E-state index contributed by atoms with van der Waals surface area (Å²) in [6.07, 6.45) is -1.46. The fraction of sp³-hybridized carbons (Fsp3) is 0.207. The number of hydrogen-bond donors (Lipinski definition) is 6. The lowest BCUT2D eigenvalue weighted by Gasteiger charge is -2.39. The average Bonchev–Trinajstić information content (AvgIpc) is 2.92. The van der Waals surface area contributed by atoms with Crippen LogP contribution in [0.25, 0.3) is 18.2 Å². The SMILES string of the molecule is O=C(C=Cc1ccc(O)cc1)OC[C@H]1O[C@@H](Oc2cc(O)cc(C=Cc3ccc(O)cc3)c2)[C@H](O)[C@@H](O)[C@@H]1O. The molecule has 3 aromatic carbocycles. The molecule has 1 saturated heterocycles. The minimum Gasteiger partial charge on any atom is -0.508 e. The Labute approximate surface area is 223 Å². The Bertz CT molecular complexity index is 1320. The zero-order valence-corrected chi connectivity index (χ0v) is 20.6. The molecule has 0 aromatic heterocycles. The van der Waals surface area contributed by atoms with E-state index < -0.39 is 43.3 Å². The highest BCUT2D eigenvalue weighted by molar-refractivity contribution is 5.87. The van der Waals surface area contributed by atoms with Crippen LogP contribution in [0.15, 0.2) is 72.8 Å². The molecule has 0 unspecified atom stereocenters. The van der Waals surface area contributed by atoms with E-state index in [9.17, 15) is 35.4 Å². The normalized spacial score (nSPS) is 23.2. The van der Waals surface area contributed by atoms with Gasteiger partial charge in [0.05, 0.1) is 0 Å². The van der Waals surface area contributed by atoms with Crippen molar-refractivity contribution >= 4 is 24.2 Å². The summed E-state index contributed by atoms with van der Waals surface area (Å²) >= 11 is 0. The summed E-state index contributed by atoms with van der Waals surface area (Å²) in [5.41, 5.74) is 2.00. The number of rotatable bonds is 8. The molecular formula is C29H28O10. The van der Waals surface area contributed by atoms with Crippen LogP contribution in [0.1, 0.15) is 16.7 Å². The maximum Gasteiger partial charge on any atom is 0.330 e. The van der Waals surface area contributed by atoms with Gasteiger partial charge in [0, 0.05) is 12.1 Å². The van der Waals surface area contributed by atoms with E-state index in [0.717, 1.165) is 11.6 Å². The van der Waals surface area contributed by atoms with Gasteiger partial charge in [-0.05, 0) is 59.2 Å². The number of aliphatic hydroxyl groups excluding tert-OH is 3. The first-order chi connectivity index (χ1) is 18.7. The van der Waals surface area contributed by atoms with Crippen LogP contribution in [-0.4, -0.2) is 73.9 Å². The van der Waals surface area contributed by atoms with Crippen molar-refractivity contribution in [2.75, 3.05) is 6.61 Å². The van der Waals surface area contributed by atoms with Gasteiger partial charge in [-0.3, -0.25) is 0 Å². The Kier molecular flexibility index (Phi) is 8.84. The standard InChI is InChI=1S/C29H28O10/c30-20-8-3-17(4-9-20)1-2-19-13-22(32)15-23(14-19)38-29-28(36)27(35)26(34)24(39-29)16-37-25(33)12-7-18-5-10-21(31)11-6-18/h1-15,24,26-32,34-36H,16H2/t24-,26-,27+,28-,29-/m1/s1. The highest BCUT2D eigenvalue weighted by Gasteiger charge is 2.45. The van der Waals surface area contributed by atoms with Crippen molar-refractivity contribution in [1.82, 2.24) is 0 Å². The van der Waals surface area contributed by atoms with Gasteiger partial charge >= 0.3 is 5.97 Å². The fourth-order valence-corrected chi connectivity index (χ4v) is 3.80. The molecule has 0 amide bonds. The maximum absolute atomic E-state index is 12.1. The van der Waals surface area contributed by atoms with Crippen LogP contribution in [0.4, 0.5) is 0 Å². The van der Waals surface area contributed by atoms with Gasteiger partial charge < -0.3 is 44.8 Å². The molecule has 1 aliphatic rings. The molecule has 0 spiro atoms. The first-order valence-corrected chi connectivity index (χ1v) is 12.0. The zero-order valence-electron chi connectivity index (χ0n) is 20.6. The highest BCUT2D eigenvalue weighted by Crippen LogP contribution is 2.28. The second-order valence-electron chi connectivity index (χ2n) is 8.87. The lowest BCUT2D eigenvalue weighted by atomic mass is 9.99. The lowest BCUT2D eigenvalue weighted by Crippen LogP contribution is -2.60. The Morgan fingerprint density at radius 2 is 1.31 bits per heavy atom. The van der Waals surface area contributed by atoms with Gasteiger partial charge in [0.2, 0.25) is 6.29 Å². The fourth-order valence-electron chi connectivity index (χ4n) is 3.80. The van der Waals surface area contributed by atoms with E-state index in [0.29, 0.717) is 11.1 Å². The minimum absolute atomic E-state index is 0.0863. The molecule has 5 atom stereocenters.